The van der Waals surface area contributed by atoms with Crippen molar-refractivity contribution in [1.82, 2.24) is 0 Å². The summed E-state index contributed by atoms with van der Waals surface area (Å²) in [5.74, 6) is 0. The highest BCUT2D eigenvalue weighted by Gasteiger charge is 2.15. The Bertz CT molecular complexity index is 217. The number of allylic oxidation sites excluding steroid dienone is 2. The second-order valence-corrected chi connectivity index (χ2v) is 3.22. The molecule has 0 aromatic heterocycles. The second kappa shape index (κ2) is 3.85. The molecular weight excluding hydrogens is 152 g/mol. The fourth-order valence-corrected chi connectivity index (χ4v) is 1.49. The Morgan fingerprint density at radius 1 is 1.67 bits per heavy atom. The van der Waals surface area contributed by atoms with Crippen molar-refractivity contribution in [2.45, 2.75) is 25.8 Å². The van der Waals surface area contributed by atoms with E-state index in [0.29, 0.717) is 0 Å². The molecule has 3 nitrogen and oxygen atoms in total. The lowest BCUT2D eigenvalue weighted by Gasteiger charge is -2.25. The average molecular weight is 168 g/mol. The Hall–Kier alpha value is -0.640. The largest absolute Gasteiger partial charge is 0.629 e. The summed E-state index contributed by atoms with van der Waals surface area (Å²) in [6.45, 7) is 1.91. The number of hydroxylamine groups is 2. The first-order chi connectivity index (χ1) is 5.63. The highest BCUT2D eigenvalue weighted by atomic mass is 16.5. The Kier molecular flexibility index (Phi) is 3.03. The molecule has 3 N–H and O–H groups in total. The van der Waals surface area contributed by atoms with Crippen LogP contribution >= 0.6 is 0 Å². The first kappa shape index (κ1) is 9.45. The molecule has 0 aliphatic heterocycles. The molecule has 0 saturated carbocycles. The summed E-state index contributed by atoms with van der Waals surface area (Å²) < 4.78 is 0. The highest BCUT2D eigenvalue weighted by molar-refractivity contribution is 5.29. The normalized spacial score (nSPS) is 22.7. The third-order valence-electron chi connectivity index (χ3n) is 2.12. The van der Waals surface area contributed by atoms with Gasteiger partial charge in [-0.05, 0) is 13.3 Å². The van der Waals surface area contributed by atoms with Crippen molar-refractivity contribution in [3.63, 3.8) is 0 Å². The van der Waals surface area contributed by atoms with Crippen LogP contribution in [0.4, 0.5) is 0 Å². The molecule has 2 atom stereocenters. The zero-order valence-corrected chi connectivity index (χ0v) is 7.63. The van der Waals surface area contributed by atoms with Gasteiger partial charge < -0.3 is 16.0 Å². The lowest BCUT2D eigenvalue weighted by Crippen LogP contribution is -3.02. The van der Waals surface area contributed by atoms with Crippen LogP contribution in [0.1, 0.15) is 19.8 Å². The molecular formula is C9H16N2O. The molecule has 1 rings (SSSR count). The third-order valence-corrected chi connectivity index (χ3v) is 2.12. The summed E-state index contributed by atoms with van der Waals surface area (Å²) in [6.07, 6.45) is 5.86. The molecule has 1 aliphatic rings. The van der Waals surface area contributed by atoms with E-state index in [-0.39, 0.29) is 11.1 Å². The number of quaternary nitrogens is 1. The van der Waals surface area contributed by atoms with Gasteiger partial charge in [0.05, 0.1) is 7.05 Å². The molecule has 0 heterocycles. The van der Waals surface area contributed by atoms with E-state index >= 15 is 0 Å². The maximum absolute atomic E-state index is 11.2. The van der Waals surface area contributed by atoms with Gasteiger partial charge in [-0.1, -0.05) is 12.2 Å². The van der Waals surface area contributed by atoms with E-state index < -0.39 is 0 Å². The van der Waals surface area contributed by atoms with Crippen molar-refractivity contribution < 1.29 is 5.06 Å². The molecule has 0 spiro atoms. The quantitative estimate of drug-likeness (QED) is 0.568. The summed E-state index contributed by atoms with van der Waals surface area (Å²) >= 11 is 0. The van der Waals surface area contributed by atoms with Crippen LogP contribution in [-0.2, 0) is 0 Å². The first-order valence-corrected chi connectivity index (χ1v) is 4.29. The number of nitrogens with one attached hydrogen (secondary N) is 1. The van der Waals surface area contributed by atoms with Crippen LogP contribution in [0.3, 0.4) is 0 Å². The van der Waals surface area contributed by atoms with Gasteiger partial charge in [-0.25, -0.2) is 0 Å². The Labute approximate surface area is 73.1 Å². The van der Waals surface area contributed by atoms with E-state index in [2.05, 4.69) is 6.08 Å². The van der Waals surface area contributed by atoms with Crippen LogP contribution in [0.2, 0.25) is 0 Å². The van der Waals surface area contributed by atoms with Gasteiger partial charge in [0.25, 0.3) is 0 Å². The van der Waals surface area contributed by atoms with E-state index in [9.17, 15) is 5.21 Å². The SMILES string of the molecule is C[C@@H](N)C1=C([NH+](C)[O-])CCC=C1. The smallest absolute Gasteiger partial charge is 0.112 e. The van der Waals surface area contributed by atoms with Gasteiger partial charge in [0.1, 0.15) is 5.70 Å². The van der Waals surface area contributed by atoms with Crippen molar-refractivity contribution in [3.05, 3.63) is 28.6 Å². The topological polar surface area (TPSA) is 53.5 Å². The van der Waals surface area contributed by atoms with E-state index in [4.69, 9.17) is 5.73 Å². The predicted molar refractivity (Wildman–Crippen MR) is 49.3 cm³/mol. The molecule has 1 aliphatic carbocycles. The van der Waals surface area contributed by atoms with Crippen molar-refractivity contribution in [2.75, 3.05) is 7.05 Å². The van der Waals surface area contributed by atoms with Crippen molar-refractivity contribution in [1.29, 1.82) is 0 Å². The number of rotatable bonds is 2. The predicted octanol–water partition coefficient (Wildman–Crippen LogP) is -0.0498. The molecule has 3 heteroatoms. The molecule has 0 fully saturated rings. The van der Waals surface area contributed by atoms with E-state index in [1.54, 1.807) is 7.05 Å². The van der Waals surface area contributed by atoms with Crippen LogP contribution < -0.4 is 10.8 Å². The third kappa shape index (κ3) is 1.94. The van der Waals surface area contributed by atoms with Gasteiger partial charge in [0, 0.05) is 18.0 Å². The monoisotopic (exact) mass is 168 g/mol. The molecule has 0 bridgehead atoms. The maximum Gasteiger partial charge on any atom is 0.112 e. The summed E-state index contributed by atoms with van der Waals surface area (Å²) in [5.41, 5.74) is 7.65. The fraction of sp³-hybridized carbons (Fsp3) is 0.556. The summed E-state index contributed by atoms with van der Waals surface area (Å²) in [4.78, 5) is 0. The molecule has 68 valence electrons. The number of hydrogen-bond acceptors (Lipinski definition) is 2. The van der Waals surface area contributed by atoms with Gasteiger partial charge in [-0.15, -0.1) is 0 Å². The molecule has 0 aromatic rings. The molecule has 12 heavy (non-hydrogen) atoms. The lowest BCUT2D eigenvalue weighted by molar-refractivity contribution is -0.785. The second-order valence-electron chi connectivity index (χ2n) is 3.22. The standard InChI is InChI=1S/C9H16N2O/c1-7(10)8-5-3-4-6-9(8)11(2)12/h3,5,7,11H,4,6,10H2,1-2H3/t7-/m1/s1. The summed E-state index contributed by atoms with van der Waals surface area (Å²) in [6, 6.07) is -0.0274. The Morgan fingerprint density at radius 2 is 2.33 bits per heavy atom. The van der Waals surface area contributed by atoms with Crippen molar-refractivity contribution in [3.8, 4) is 0 Å². The van der Waals surface area contributed by atoms with Crippen LogP contribution in [0.25, 0.3) is 0 Å². The van der Waals surface area contributed by atoms with Gasteiger partial charge in [0.15, 0.2) is 0 Å². The Balaban J connectivity index is 2.92. The van der Waals surface area contributed by atoms with Gasteiger partial charge in [-0.3, -0.25) is 0 Å². The Morgan fingerprint density at radius 3 is 2.75 bits per heavy atom. The van der Waals surface area contributed by atoms with Crippen LogP contribution in [0.15, 0.2) is 23.4 Å². The lowest BCUT2D eigenvalue weighted by atomic mass is 9.98. The van der Waals surface area contributed by atoms with E-state index in [1.807, 2.05) is 13.0 Å². The van der Waals surface area contributed by atoms with Crippen LogP contribution in [0.5, 0.6) is 0 Å². The highest BCUT2D eigenvalue weighted by Crippen LogP contribution is 2.16. The zero-order chi connectivity index (χ0) is 9.14. The first-order valence-electron chi connectivity index (χ1n) is 4.29. The minimum Gasteiger partial charge on any atom is -0.629 e. The summed E-state index contributed by atoms with van der Waals surface area (Å²) in [7, 11) is 1.61. The minimum absolute atomic E-state index is 0.0274. The summed E-state index contributed by atoms with van der Waals surface area (Å²) in [5, 5.41) is 11.3. The average Bonchev–Trinajstić information content (AvgIpc) is 2.04. The molecule has 0 saturated heterocycles. The van der Waals surface area contributed by atoms with Crippen LogP contribution in [0, 0.1) is 5.21 Å². The molecule has 0 amide bonds. The molecule has 1 unspecified atom stereocenters. The van der Waals surface area contributed by atoms with E-state index in [0.717, 1.165) is 24.1 Å². The van der Waals surface area contributed by atoms with Crippen LogP contribution in [-0.4, -0.2) is 13.1 Å². The van der Waals surface area contributed by atoms with E-state index in [1.165, 1.54) is 0 Å². The van der Waals surface area contributed by atoms with Gasteiger partial charge in [0.2, 0.25) is 0 Å². The van der Waals surface area contributed by atoms with Gasteiger partial charge >= 0.3 is 0 Å². The molecule has 0 radical (unpaired) electrons. The maximum atomic E-state index is 11.2. The van der Waals surface area contributed by atoms with Crippen molar-refractivity contribution in [2.24, 2.45) is 5.73 Å². The molecule has 0 aromatic carbocycles. The number of nitrogens with two attached hydrogens (primary N) is 1. The number of hydrogen-bond donors (Lipinski definition) is 2. The van der Waals surface area contributed by atoms with Crippen molar-refractivity contribution >= 4 is 0 Å². The fourth-order valence-electron chi connectivity index (χ4n) is 1.49. The van der Waals surface area contributed by atoms with Gasteiger partial charge in [-0.2, -0.15) is 0 Å². The zero-order valence-electron chi connectivity index (χ0n) is 7.63. The minimum atomic E-state index is -0.0274.